The molecule has 0 aliphatic carbocycles. The van der Waals surface area contributed by atoms with Crippen molar-refractivity contribution in [2.24, 2.45) is 0 Å². The van der Waals surface area contributed by atoms with E-state index in [4.69, 9.17) is 11.6 Å². The molecule has 2 heterocycles. The number of amides is 1. The first-order valence-electron chi connectivity index (χ1n) is 7.05. The molecular weight excluding hydrogens is 332 g/mol. The Labute approximate surface area is 142 Å². The Kier molecular flexibility index (Phi) is 4.45. The minimum atomic E-state index is -0.0949. The molecule has 0 aliphatic heterocycles. The standard InChI is InChI=1S/C16H15ClN4OS/c1-9-7-12-13(20-16(17)21-15(12)23-9)19-8-10-3-5-11(6-4-10)14(22)18-2/h3-7H,8H2,1-2H3,(H,18,22)(H,19,20,21). The van der Waals surface area contributed by atoms with Crippen LogP contribution in [0, 0.1) is 6.92 Å². The van der Waals surface area contributed by atoms with Gasteiger partial charge in [-0.05, 0) is 42.3 Å². The predicted octanol–water partition coefficient (Wildman–Crippen LogP) is 3.62. The van der Waals surface area contributed by atoms with Crippen molar-refractivity contribution in [2.45, 2.75) is 13.5 Å². The van der Waals surface area contributed by atoms with Crippen LogP contribution in [0.4, 0.5) is 5.82 Å². The Morgan fingerprint density at radius 3 is 2.70 bits per heavy atom. The van der Waals surface area contributed by atoms with E-state index in [1.54, 1.807) is 30.5 Å². The lowest BCUT2D eigenvalue weighted by Crippen LogP contribution is -2.17. The van der Waals surface area contributed by atoms with Crippen LogP contribution in [0.25, 0.3) is 10.2 Å². The summed E-state index contributed by atoms with van der Waals surface area (Å²) >= 11 is 7.58. The summed E-state index contributed by atoms with van der Waals surface area (Å²) in [5.74, 6) is 0.627. The summed E-state index contributed by atoms with van der Waals surface area (Å²) in [7, 11) is 1.62. The fraction of sp³-hybridized carbons (Fsp3) is 0.188. The van der Waals surface area contributed by atoms with E-state index < -0.39 is 0 Å². The highest BCUT2D eigenvalue weighted by Crippen LogP contribution is 2.29. The van der Waals surface area contributed by atoms with Gasteiger partial charge in [0.25, 0.3) is 5.91 Å². The number of hydrogen-bond donors (Lipinski definition) is 2. The van der Waals surface area contributed by atoms with Crippen LogP contribution >= 0.6 is 22.9 Å². The number of carbonyl (C=O) groups is 1. The molecule has 2 aromatic heterocycles. The van der Waals surface area contributed by atoms with Gasteiger partial charge in [0.1, 0.15) is 10.6 Å². The summed E-state index contributed by atoms with van der Waals surface area (Å²) in [6.45, 7) is 2.62. The minimum absolute atomic E-state index is 0.0949. The third kappa shape index (κ3) is 3.43. The lowest BCUT2D eigenvalue weighted by Gasteiger charge is -2.08. The molecule has 0 saturated carbocycles. The number of benzene rings is 1. The number of anilines is 1. The third-order valence-corrected chi connectivity index (χ3v) is 4.51. The highest BCUT2D eigenvalue weighted by Gasteiger charge is 2.10. The van der Waals surface area contributed by atoms with Crippen LogP contribution in [0.1, 0.15) is 20.8 Å². The highest BCUT2D eigenvalue weighted by molar-refractivity contribution is 7.18. The van der Waals surface area contributed by atoms with Gasteiger partial charge in [0.05, 0.1) is 5.39 Å². The number of halogens is 1. The second kappa shape index (κ2) is 6.52. The average molecular weight is 347 g/mol. The SMILES string of the molecule is CNC(=O)c1ccc(CNc2nc(Cl)nc3sc(C)cc23)cc1. The zero-order chi connectivity index (χ0) is 16.4. The molecule has 0 bridgehead atoms. The van der Waals surface area contributed by atoms with Crippen LogP contribution in [0.5, 0.6) is 0 Å². The predicted molar refractivity (Wildman–Crippen MR) is 94.3 cm³/mol. The van der Waals surface area contributed by atoms with Crippen molar-refractivity contribution < 1.29 is 4.79 Å². The van der Waals surface area contributed by atoms with Crippen molar-refractivity contribution >= 4 is 44.9 Å². The Balaban J connectivity index is 1.79. The monoisotopic (exact) mass is 346 g/mol. The van der Waals surface area contributed by atoms with Crippen LogP contribution in [-0.4, -0.2) is 22.9 Å². The maximum absolute atomic E-state index is 11.5. The smallest absolute Gasteiger partial charge is 0.251 e. The average Bonchev–Trinajstić information content (AvgIpc) is 2.92. The number of rotatable bonds is 4. The van der Waals surface area contributed by atoms with E-state index in [-0.39, 0.29) is 11.2 Å². The number of carbonyl (C=O) groups excluding carboxylic acids is 1. The second-order valence-corrected chi connectivity index (χ2v) is 6.62. The summed E-state index contributed by atoms with van der Waals surface area (Å²) in [6.07, 6.45) is 0. The Bertz CT molecular complexity index is 860. The second-order valence-electron chi connectivity index (χ2n) is 5.05. The maximum Gasteiger partial charge on any atom is 0.251 e. The van der Waals surface area contributed by atoms with Crippen molar-refractivity contribution in [3.63, 3.8) is 0 Å². The molecular formula is C16H15ClN4OS. The van der Waals surface area contributed by atoms with E-state index in [2.05, 4.69) is 20.6 Å². The van der Waals surface area contributed by atoms with Gasteiger partial charge >= 0.3 is 0 Å². The van der Waals surface area contributed by atoms with Gasteiger partial charge in [-0.3, -0.25) is 4.79 Å². The van der Waals surface area contributed by atoms with Crippen LogP contribution in [0.15, 0.2) is 30.3 Å². The fourth-order valence-electron chi connectivity index (χ4n) is 2.25. The van der Waals surface area contributed by atoms with Crippen LogP contribution in [-0.2, 0) is 6.54 Å². The van der Waals surface area contributed by atoms with E-state index in [0.717, 1.165) is 26.5 Å². The van der Waals surface area contributed by atoms with Crippen molar-refractivity contribution in [3.05, 3.63) is 51.6 Å². The number of aryl methyl sites for hydroxylation is 1. The first kappa shape index (κ1) is 15.7. The molecule has 0 unspecified atom stereocenters. The van der Waals surface area contributed by atoms with Crippen molar-refractivity contribution in [1.29, 1.82) is 0 Å². The lowest BCUT2D eigenvalue weighted by molar-refractivity contribution is 0.0963. The summed E-state index contributed by atoms with van der Waals surface area (Å²) in [6, 6.07) is 9.47. The van der Waals surface area contributed by atoms with E-state index >= 15 is 0 Å². The Morgan fingerprint density at radius 1 is 1.26 bits per heavy atom. The Morgan fingerprint density at radius 2 is 2.00 bits per heavy atom. The van der Waals surface area contributed by atoms with Crippen LogP contribution < -0.4 is 10.6 Å². The van der Waals surface area contributed by atoms with E-state index in [0.29, 0.717) is 12.1 Å². The summed E-state index contributed by atoms with van der Waals surface area (Å²) in [5.41, 5.74) is 1.68. The Hall–Kier alpha value is -2.18. The van der Waals surface area contributed by atoms with Gasteiger partial charge < -0.3 is 10.6 Å². The minimum Gasteiger partial charge on any atom is -0.365 e. The van der Waals surface area contributed by atoms with Gasteiger partial charge in [-0.15, -0.1) is 11.3 Å². The molecule has 23 heavy (non-hydrogen) atoms. The number of nitrogens with zero attached hydrogens (tertiary/aromatic N) is 2. The molecule has 0 spiro atoms. The first-order valence-corrected chi connectivity index (χ1v) is 8.25. The van der Waals surface area contributed by atoms with Gasteiger partial charge in [-0.1, -0.05) is 12.1 Å². The highest BCUT2D eigenvalue weighted by atomic mass is 35.5. The van der Waals surface area contributed by atoms with Gasteiger partial charge in [-0.2, -0.15) is 0 Å². The lowest BCUT2D eigenvalue weighted by atomic mass is 10.1. The van der Waals surface area contributed by atoms with Crippen LogP contribution in [0.3, 0.4) is 0 Å². The largest absolute Gasteiger partial charge is 0.365 e. The van der Waals surface area contributed by atoms with Gasteiger partial charge in [0.15, 0.2) is 0 Å². The molecule has 0 radical (unpaired) electrons. The molecule has 3 aromatic rings. The summed E-state index contributed by atoms with van der Waals surface area (Å²) in [5, 5.41) is 7.10. The molecule has 0 aliphatic rings. The number of aromatic nitrogens is 2. The van der Waals surface area contributed by atoms with Crippen molar-refractivity contribution in [3.8, 4) is 0 Å². The van der Waals surface area contributed by atoms with Crippen molar-refractivity contribution in [2.75, 3.05) is 12.4 Å². The molecule has 3 rings (SSSR count). The molecule has 1 aromatic carbocycles. The molecule has 1 amide bonds. The molecule has 0 fully saturated rings. The van der Waals surface area contributed by atoms with Gasteiger partial charge in [-0.25, -0.2) is 9.97 Å². The molecule has 5 nitrogen and oxygen atoms in total. The normalized spacial score (nSPS) is 10.7. The number of hydrogen-bond acceptors (Lipinski definition) is 5. The van der Waals surface area contributed by atoms with E-state index in [1.807, 2.05) is 25.1 Å². The molecule has 7 heteroatoms. The molecule has 0 saturated heterocycles. The van der Waals surface area contributed by atoms with Crippen LogP contribution in [0.2, 0.25) is 5.28 Å². The zero-order valence-corrected chi connectivity index (χ0v) is 14.3. The van der Waals surface area contributed by atoms with Crippen molar-refractivity contribution in [1.82, 2.24) is 15.3 Å². The van der Waals surface area contributed by atoms with E-state index in [9.17, 15) is 4.79 Å². The number of nitrogens with one attached hydrogen (secondary N) is 2. The van der Waals surface area contributed by atoms with E-state index in [1.165, 1.54) is 0 Å². The third-order valence-electron chi connectivity index (χ3n) is 3.39. The topological polar surface area (TPSA) is 66.9 Å². The van der Waals surface area contributed by atoms with Gasteiger partial charge in [0, 0.05) is 24.0 Å². The first-order chi connectivity index (χ1) is 11.1. The zero-order valence-electron chi connectivity index (χ0n) is 12.7. The van der Waals surface area contributed by atoms with Gasteiger partial charge in [0.2, 0.25) is 5.28 Å². The summed E-state index contributed by atoms with van der Waals surface area (Å²) in [4.78, 5) is 22.1. The quantitative estimate of drug-likeness (QED) is 0.708. The summed E-state index contributed by atoms with van der Waals surface area (Å²) < 4.78 is 0. The maximum atomic E-state index is 11.5. The molecule has 0 atom stereocenters. The molecule has 2 N–H and O–H groups in total. The molecule has 118 valence electrons. The fourth-order valence-corrected chi connectivity index (χ4v) is 3.35. The number of thiophene rings is 1. The number of fused-ring (bicyclic) bond motifs is 1.